The highest BCUT2D eigenvalue weighted by atomic mass is 31.2. The minimum atomic E-state index is -4.38. The van der Waals surface area contributed by atoms with Crippen LogP contribution in [0.25, 0.3) is 0 Å². The highest BCUT2D eigenvalue weighted by Crippen LogP contribution is 2.43. The summed E-state index contributed by atoms with van der Waals surface area (Å²) in [5.74, 6) is -0.824. The van der Waals surface area contributed by atoms with Crippen LogP contribution in [0.1, 0.15) is 181 Å². The Hall–Kier alpha value is -2.03. The third-order valence-electron chi connectivity index (χ3n) is 9.34. The maximum absolute atomic E-state index is 12.7. The zero-order valence-electron chi connectivity index (χ0n) is 36.6. The number of carbonyl (C=O) groups is 2. The number of ether oxygens (including phenoxy) is 2. The molecule has 0 aromatic rings. The smallest absolute Gasteiger partial charge is 0.462 e. The van der Waals surface area contributed by atoms with Gasteiger partial charge < -0.3 is 18.9 Å². The molecular weight excluding hydrogens is 725 g/mol. The van der Waals surface area contributed by atoms with Gasteiger partial charge in [0.15, 0.2) is 6.10 Å². The van der Waals surface area contributed by atoms with E-state index in [9.17, 15) is 19.0 Å². The second-order valence-corrected chi connectivity index (χ2v) is 17.5. The van der Waals surface area contributed by atoms with Crippen LogP contribution in [0.3, 0.4) is 0 Å². The lowest BCUT2D eigenvalue weighted by Crippen LogP contribution is -2.37. The van der Waals surface area contributed by atoms with Crippen molar-refractivity contribution in [1.29, 1.82) is 0 Å². The number of hydrogen-bond donors (Lipinski definition) is 1. The molecule has 0 saturated carbocycles. The minimum Gasteiger partial charge on any atom is -0.462 e. The molecule has 2 unspecified atom stereocenters. The molecule has 56 heavy (non-hydrogen) atoms. The Bertz CT molecular complexity index is 1100. The Balaban J connectivity index is 4.37. The van der Waals surface area contributed by atoms with Gasteiger partial charge in [0.25, 0.3) is 0 Å². The predicted molar refractivity (Wildman–Crippen MR) is 233 cm³/mol. The summed E-state index contributed by atoms with van der Waals surface area (Å²) in [5.41, 5.74) is 0. The molecule has 0 aliphatic rings. The molecule has 0 saturated heterocycles. The standard InChI is InChI=1S/C46H84NO8P/c1-6-8-10-12-14-16-18-20-22-23-25-26-28-30-32-34-36-38-45(48)52-42-44(43-54-56(50,51)53-41-40-47(3,4)5)55-46(49)39-37-35-33-31-29-27-24-21-19-17-15-13-11-9-7-2/h9,11,15,17,20-22,24,44H,6-8,10,12-14,16,18-19,23,25-43H2,1-5H3/p+1/b11-9-,17-15-,22-20-,24-21-. The Labute approximate surface area is 343 Å². The van der Waals surface area contributed by atoms with Gasteiger partial charge in [-0.15, -0.1) is 0 Å². The van der Waals surface area contributed by atoms with Crippen molar-refractivity contribution in [2.24, 2.45) is 0 Å². The van der Waals surface area contributed by atoms with E-state index in [1.165, 1.54) is 64.2 Å². The number of allylic oxidation sites excluding steroid dienone is 8. The fraction of sp³-hybridized carbons (Fsp3) is 0.783. The lowest BCUT2D eigenvalue weighted by atomic mass is 10.1. The first-order chi connectivity index (χ1) is 27.0. The molecule has 0 fully saturated rings. The fourth-order valence-corrected chi connectivity index (χ4v) is 6.59. The van der Waals surface area contributed by atoms with Crippen molar-refractivity contribution >= 4 is 19.8 Å². The number of likely N-dealkylation sites (N-methyl/N-ethyl adjacent to an activating group) is 1. The monoisotopic (exact) mass is 811 g/mol. The van der Waals surface area contributed by atoms with Crippen LogP contribution in [0.2, 0.25) is 0 Å². The Kier molecular flexibility index (Phi) is 37.1. The van der Waals surface area contributed by atoms with Gasteiger partial charge in [0.1, 0.15) is 19.8 Å². The third-order valence-corrected chi connectivity index (χ3v) is 10.3. The first-order valence-corrected chi connectivity index (χ1v) is 23.9. The van der Waals surface area contributed by atoms with Crippen LogP contribution in [0, 0.1) is 0 Å². The van der Waals surface area contributed by atoms with E-state index >= 15 is 0 Å². The van der Waals surface area contributed by atoms with Gasteiger partial charge in [0, 0.05) is 12.8 Å². The van der Waals surface area contributed by atoms with Crippen molar-refractivity contribution in [3.63, 3.8) is 0 Å². The van der Waals surface area contributed by atoms with E-state index in [0.717, 1.165) is 83.5 Å². The van der Waals surface area contributed by atoms with Gasteiger partial charge in [-0.05, 0) is 70.6 Å². The van der Waals surface area contributed by atoms with Crippen LogP contribution in [-0.4, -0.2) is 74.9 Å². The molecular formula is C46H85NO8P+. The normalized spacial score (nSPS) is 14.0. The van der Waals surface area contributed by atoms with Gasteiger partial charge in [0.2, 0.25) is 0 Å². The molecule has 1 N–H and O–H groups in total. The lowest BCUT2D eigenvalue weighted by molar-refractivity contribution is -0.870. The van der Waals surface area contributed by atoms with Crippen molar-refractivity contribution in [2.75, 3.05) is 47.5 Å². The van der Waals surface area contributed by atoms with Crippen LogP contribution in [0.15, 0.2) is 48.6 Å². The van der Waals surface area contributed by atoms with Crippen molar-refractivity contribution in [3.05, 3.63) is 48.6 Å². The van der Waals surface area contributed by atoms with Gasteiger partial charge in [-0.1, -0.05) is 146 Å². The molecule has 0 heterocycles. The molecule has 0 aromatic heterocycles. The second-order valence-electron chi connectivity index (χ2n) is 16.0. The molecule has 0 radical (unpaired) electrons. The van der Waals surface area contributed by atoms with E-state index in [1.54, 1.807) is 0 Å². The molecule has 0 bridgehead atoms. The summed E-state index contributed by atoms with van der Waals surface area (Å²) >= 11 is 0. The average molecular weight is 811 g/mol. The Morgan fingerprint density at radius 3 is 1.54 bits per heavy atom. The molecule has 0 aliphatic heterocycles. The molecule has 10 heteroatoms. The van der Waals surface area contributed by atoms with Gasteiger partial charge in [-0.25, -0.2) is 4.57 Å². The molecule has 0 rings (SSSR count). The number of esters is 2. The summed E-state index contributed by atoms with van der Waals surface area (Å²) in [6, 6.07) is 0. The first-order valence-electron chi connectivity index (χ1n) is 22.4. The zero-order valence-corrected chi connectivity index (χ0v) is 37.5. The predicted octanol–water partition coefficient (Wildman–Crippen LogP) is 12.7. The number of nitrogens with zero attached hydrogens (tertiary/aromatic N) is 1. The number of rotatable bonds is 40. The van der Waals surface area contributed by atoms with E-state index in [2.05, 4.69) is 62.5 Å². The van der Waals surface area contributed by atoms with Crippen LogP contribution >= 0.6 is 7.82 Å². The minimum absolute atomic E-state index is 0.0260. The number of phosphoric ester groups is 1. The molecule has 0 aromatic carbocycles. The maximum atomic E-state index is 12.7. The van der Waals surface area contributed by atoms with E-state index in [4.69, 9.17) is 18.5 Å². The van der Waals surface area contributed by atoms with Gasteiger partial charge in [0.05, 0.1) is 27.7 Å². The number of quaternary nitrogens is 1. The Morgan fingerprint density at radius 1 is 0.571 bits per heavy atom. The van der Waals surface area contributed by atoms with Gasteiger partial charge >= 0.3 is 19.8 Å². The lowest BCUT2D eigenvalue weighted by Gasteiger charge is -2.24. The molecule has 326 valence electrons. The SMILES string of the molecule is CC/C=C\C/C=C\C/C=C\CCCCCCCC(=O)OC(COC(=O)CCCCCCCCC/C=C\CCCCCCCC)COP(=O)(O)OCC[N+](C)(C)C. The van der Waals surface area contributed by atoms with Crippen molar-refractivity contribution in [2.45, 2.75) is 187 Å². The summed E-state index contributed by atoms with van der Waals surface area (Å²) in [6.07, 6.45) is 44.4. The third kappa shape index (κ3) is 41.6. The highest BCUT2D eigenvalue weighted by molar-refractivity contribution is 7.47. The number of hydrogen-bond acceptors (Lipinski definition) is 7. The Morgan fingerprint density at radius 2 is 1.02 bits per heavy atom. The van der Waals surface area contributed by atoms with Crippen LogP contribution in [0.5, 0.6) is 0 Å². The summed E-state index contributed by atoms with van der Waals surface area (Å²) in [6.45, 7) is 4.28. The molecule has 9 nitrogen and oxygen atoms in total. The average Bonchev–Trinajstić information content (AvgIpc) is 3.15. The molecule has 2 atom stereocenters. The number of phosphoric acid groups is 1. The quantitative estimate of drug-likeness (QED) is 0.0214. The summed E-state index contributed by atoms with van der Waals surface area (Å²) in [4.78, 5) is 35.4. The van der Waals surface area contributed by atoms with Gasteiger partial charge in [-0.3, -0.25) is 18.6 Å². The number of carbonyl (C=O) groups excluding carboxylic acids is 2. The fourth-order valence-electron chi connectivity index (χ4n) is 5.85. The summed E-state index contributed by atoms with van der Waals surface area (Å²) in [7, 11) is 1.46. The molecule has 0 spiro atoms. The van der Waals surface area contributed by atoms with E-state index < -0.39 is 26.5 Å². The zero-order chi connectivity index (χ0) is 41.4. The van der Waals surface area contributed by atoms with Gasteiger partial charge in [-0.2, -0.15) is 0 Å². The highest BCUT2D eigenvalue weighted by Gasteiger charge is 2.27. The topological polar surface area (TPSA) is 108 Å². The van der Waals surface area contributed by atoms with Crippen molar-refractivity contribution in [1.82, 2.24) is 0 Å². The van der Waals surface area contributed by atoms with Crippen LogP contribution < -0.4 is 0 Å². The molecule has 0 amide bonds. The van der Waals surface area contributed by atoms with E-state index in [-0.39, 0.29) is 32.0 Å². The van der Waals surface area contributed by atoms with Crippen LogP contribution in [0.4, 0.5) is 0 Å². The summed E-state index contributed by atoms with van der Waals surface area (Å²) in [5, 5.41) is 0. The van der Waals surface area contributed by atoms with Crippen LogP contribution in [-0.2, 0) is 32.7 Å². The second kappa shape index (κ2) is 38.5. The summed E-state index contributed by atoms with van der Waals surface area (Å²) < 4.78 is 34.3. The number of unbranched alkanes of at least 4 members (excludes halogenated alkanes) is 18. The van der Waals surface area contributed by atoms with Crippen molar-refractivity contribution in [3.8, 4) is 0 Å². The molecule has 0 aliphatic carbocycles. The maximum Gasteiger partial charge on any atom is 0.472 e. The van der Waals surface area contributed by atoms with Crippen molar-refractivity contribution < 1.29 is 42.1 Å². The van der Waals surface area contributed by atoms with E-state index in [1.807, 2.05) is 21.1 Å². The first kappa shape index (κ1) is 54.0. The van der Waals surface area contributed by atoms with E-state index in [0.29, 0.717) is 17.4 Å². The largest absolute Gasteiger partial charge is 0.472 e.